The number of rotatable bonds is 6. The van der Waals surface area contributed by atoms with Crippen LogP contribution in [0.3, 0.4) is 0 Å². The Bertz CT molecular complexity index is 1880. The van der Waals surface area contributed by atoms with Crippen LogP contribution in [0.1, 0.15) is 75.6 Å². The van der Waals surface area contributed by atoms with Crippen molar-refractivity contribution >= 4 is 40.6 Å². The molecule has 6 rings (SSSR count). The van der Waals surface area contributed by atoms with E-state index < -0.39 is 40.9 Å². The minimum absolute atomic E-state index is 0.00833. The Kier molecular flexibility index (Phi) is 9.30. The molecular weight excluding hydrogens is 667 g/mol. The number of carbonyl (C=O) groups excluding carboxylic acids is 2. The Morgan fingerprint density at radius 3 is 2.57 bits per heavy atom. The number of anilines is 1. The molecule has 2 saturated heterocycles. The zero-order valence-corrected chi connectivity index (χ0v) is 28.5. The van der Waals surface area contributed by atoms with E-state index >= 15 is 0 Å². The molecular formula is C33H39ClF3N7O5. The van der Waals surface area contributed by atoms with Gasteiger partial charge in [0.15, 0.2) is 5.82 Å². The topological polar surface area (TPSA) is 132 Å². The van der Waals surface area contributed by atoms with Crippen LogP contribution < -0.4 is 16.2 Å². The Hall–Kier alpha value is -3.95. The van der Waals surface area contributed by atoms with Crippen LogP contribution >= 0.6 is 11.6 Å². The Morgan fingerprint density at radius 2 is 1.98 bits per heavy atom. The Labute approximate surface area is 285 Å². The van der Waals surface area contributed by atoms with Gasteiger partial charge in [-0.25, -0.2) is 4.79 Å². The molecule has 1 unspecified atom stereocenters. The van der Waals surface area contributed by atoms with Crippen molar-refractivity contribution < 1.29 is 32.2 Å². The van der Waals surface area contributed by atoms with Crippen molar-refractivity contribution in [2.75, 3.05) is 38.2 Å². The second-order valence-electron chi connectivity index (χ2n) is 13.8. The molecule has 16 heteroatoms. The number of fused-ring (bicyclic) bond motifs is 1. The first-order chi connectivity index (χ1) is 23.1. The molecule has 2 amide bonds. The van der Waals surface area contributed by atoms with E-state index in [0.717, 1.165) is 36.6 Å². The van der Waals surface area contributed by atoms with Gasteiger partial charge in [-0.15, -0.1) is 5.10 Å². The van der Waals surface area contributed by atoms with Crippen LogP contribution in [-0.4, -0.2) is 74.5 Å². The highest BCUT2D eigenvalue weighted by molar-refractivity contribution is 6.33. The van der Waals surface area contributed by atoms with Gasteiger partial charge in [0.1, 0.15) is 12.1 Å². The van der Waals surface area contributed by atoms with Crippen LogP contribution in [0.15, 0.2) is 29.1 Å². The lowest BCUT2D eigenvalue weighted by atomic mass is 9.73. The van der Waals surface area contributed by atoms with Crippen molar-refractivity contribution in [2.24, 2.45) is 5.41 Å². The van der Waals surface area contributed by atoms with Gasteiger partial charge < -0.3 is 24.7 Å². The number of nitrogens with zero attached hydrogens (tertiary/aromatic N) is 5. The second-order valence-corrected chi connectivity index (χ2v) is 14.2. The van der Waals surface area contributed by atoms with Crippen molar-refractivity contribution in [1.29, 1.82) is 0 Å². The van der Waals surface area contributed by atoms with Gasteiger partial charge in [0.25, 0.3) is 5.56 Å². The van der Waals surface area contributed by atoms with Crippen molar-refractivity contribution in [3.05, 3.63) is 62.3 Å². The molecule has 3 aromatic rings. The molecule has 4 heterocycles. The van der Waals surface area contributed by atoms with Crippen LogP contribution in [-0.2, 0) is 33.4 Å². The standard InChI is InChI=1S/C33H39ClF3N7O5/c1-5-23-26(24-15-38-12-13-42(24)30(47)49-31(2,3)4)28(46)44-29(40-27(41-44)19-8-10-32(11-9-19)17-48-18-32)43(23)16-25(45)39-22-7-6-20(14-21(22)34)33(35,36)37/h6-8,14,24,38H,5,9-13,15-18H2,1-4H3,(H,39,45). The van der Waals surface area contributed by atoms with E-state index in [2.05, 4.69) is 21.8 Å². The first kappa shape index (κ1) is 34.9. The molecule has 0 bridgehead atoms. The lowest BCUT2D eigenvalue weighted by Gasteiger charge is -2.43. The molecule has 0 radical (unpaired) electrons. The van der Waals surface area contributed by atoms with E-state index in [1.165, 1.54) is 9.42 Å². The average molecular weight is 706 g/mol. The summed E-state index contributed by atoms with van der Waals surface area (Å²) in [5, 5.41) is 10.2. The van der Waals surface area contributed by atoms with E-state index in [0.29, 0.717) is 37.7 Å². The van der Waals surface area contributed by atoms with Crippen LogP contribution in [0, 0.1) is 5.41 Å². The number of ether oxygens (including phenoxy) is 2. The van der Waals surface area contributed by atoms with Gasteiger partial charge in [0, 0.05) is 30.7 Å². The van der Waals surface area contributed by atoms with Crippen LogP contribution in [0.4, 0.5) is 23.7 Å². The normalized spacial score (nSPS) is 19.5. The fourth-order valence-corrected chi connectivity index (χ4v) is 6.79. The molecule has 1 atom stereocenters. The van der Waals surface area contributed by atoms with Crippen LogP contribution in [0.5, 0.6) is 0 Å². The predicted octanol–water partition coefficient (Wildman–Crippen LogP) is 5.23. The maximum absolute atomic E-state index is 14.4. The van der Waals surface area contributed by atoms with Gasteiger partial charge in [0.05, 0.1) is 41.1 Å². The average Bonchev–Trinajstić information content (AvgIpc) is 3.47. The number of piperazine rings is 1. The molecule has 2 N–H and O–H groups in total. The fraction of sp³-hybridized carbons (Fsp3) is 0.545. The lowest BCUT2D eigenvalue weighted by Crippen LogP contribution is -2.52. The van der Waals surface area contributed by atoms with Gasteiger partial charge in [-0.3, -0.25) is 14.5 Å². The zero-order chi connectivity index (χ0) is 35.3. The number of aromatic nitrogens is 4. The third-order valence-electron chi connectivity index (χ3n) is 9.11. The van der Waals surface area contributed by atoms with E-state index in [1.54, 1.807) is 25.3 Å². The number of benzene rings is 1. The Balaban J connectivity index is 1.43. The van der Waals surface area contributed by atoms with Crippen LogP contribution in [0.25, 0.3) is 11.4 Å². The highest BCUT2D eigenvalue weighted by atomic mass is 35.5. The van der Waals surface area contributed by atoms with Crippen molar-refractivity contribution in [3.63, 3.8) is 0 Å². The summed E-state index contributed by atoms with van der Waals surface area (Å²) in [5.74, 6) is -0.140. The predicted molar refractivity (Wildman–Crippen MR) is 175 cm³/mol. The van der Waals surface area contributed by atoms with E-state index in [1.807, 2.05) is 6.92 Å². The summed E-state index contributed by atoms with van der Waals surface area (Å²) < 4.78 is 53.6. The van der Waals surface area contributed by atoms with Gasteiger partial charge in [0.2, 0.25) is 11.7 Å². The lowest BCUT2D eigenvalue weighted by molar-refractivity contribution is -0.137. The van der Waals surface area contributed by atoms with Gasteiger partial charge >= 0.3 is 12.3 Å². The first-order valence-electron chi connectivity index (χ1n) is 16.3. The third-order valence-corrected chi connectivity index (χ3v) is 9.43. The maximum Gasteiger partial charge on any atom is 0.416 e. The molecule has 2 fully saturated rings. The summed E-state index contributed by atoms with van der Waals surface area (Å²) in [6.07, 6.45) is -0.461. The molecule has 1 aliphatic carbocycles. The number of alkyl halides is 3. The molecule has 2 aliphatic heterocycles. The number of halogens is 4. The summed E-state index contributed by atoms with van der Waals surface area (Å²) in [6, 6.07) is 1.91. The van der Waals surface area contributed by atoms with Gasteiger partial charge in [-0.2, -0.15) is 22.7 Å². The molecule has 1 aromatic carbocycles. The highest BCUT2D eigenvalue weighted by Crippen LogP contribution is 2.43. The van der Waals surface area contributed by atoms with Crippen LogP contribution in [0.2, 0.25) is 5.02 Å². The van der Waals surface area contributed by atoms with Gasteiger partial charge in [-0.05, 0) is 70.2 Å². The smallest absolute Gasteiger partial charge is 0.416 e. The number of carbonyl (C=O) groups is 2. The molecule has 3 aliphatic rings. The maximum atomic E-state index is 14.4. The summed E-state index contributed by atoms with van der Waals surface area (Å²) in [7, 11) is 0. The van der Waals surface area contributed by atoms with E-state index in [4.69, 9.17) is 26.1 Å². The Morgan fingerprint density at radius 1 is 1.22 bits per heavy atom. The van der Waals surface area contributed by atoms with Crippen molar-refractivity contribution in [3.8, 4) is 0 Å². The highest BCUT2D eigenvalue weighted by Gasteiger charge is 2.40. The molecule has 49 heavy (non-hydrogen) atoms. The molecule has 264 valence electrons. The van der Waals surface area contributed by atoms with Crippen molar-refractivity contribution in [2.45, 2.75) is 77.7 Å². The summed E-state index contributed by atoms with van der Waals surface area (Å²) in [5.41, 5.74) is -0.505. The molecule has 2 aromatic heterocycles. The zero-order valence-electron chi connectivity index (χ0n) is 27.7. The second kappa shape index (κ2) is 13.1. The minimum atomic E-state index is -4.60. The molecule has 0 saturated carbocycles. The van der Waals surface area contributed by atoms with E-state index in [-0.39, 0.29) is 53.5 Å². The summed E-state index contributed by atoms with van der Waals surface area (Å²) in [6.45, 7) is 9.14. The van der Waals surface area contributed by atoms with E-state index in [9.17, 15) is 27.6 Å². The number of nitrogens with one attached hydrogen (secondary N) is 2. The number of amides is 2. The molecule has 12 nitrogen and oxygen atoms in total. The van der Waals surface area contributed by atoms with Crippen molar-refractivity contribution in [1.82, 2.24) is 29.4 Å². The SMILES string of the molecule is CCc1c(C2CNCCN2C(=O)OC(C)(C)C)c(=O)n2nc(C3=CCC4(CC3)COC4)nc2n1CC(=O)Nc1ccc(C(F)(F)F)cc1Cl. The monoisotopic (exact) mass is 705 g/mol. The number of hydrogen-bond donors (Lipinski definition) is 2. The molecule has 1 spiro atoms. The van der Waals surface area contributed by atoms with Gasteiger partial charge in [-0.1, -0.05) is 24.6 Å². The number of allylic oxidation sites excluding steroid dienone is 2. The summed E-state index contributed by atoms with van der Waals surface area (Å²) in [4.78, 5) is 47.7. The quantitative estimate of drug-likeness (QED) is 0.357. The fourth-order valence-electron chi connectivity index (χ4n) is 6.56. The minimum Gasteiger partial charge on any atom is -0.444 e. The number of hydrogen-bond acceptors (Lipinski definition) is 8. The first-order valence-corrected chi connectivity index (χ1v) is 16.6. The largest absolute Gasteiger partial charge is 0.444 e. The third kappa shape index (κ3) is 7.06. The summed E-state index contributed by atoms with van der Waals surface area (Å²) >= 11 is 6.14.